The molecular formula is C14H17ClN4O. The molecule has 2 rings (SSSR count). The Morgan fingerprint density at radius 3 is 2.70 bits per heavy atom. The molecule has 0 aliphatic rings. The van der Waals surface area contributed by atoms with Crippen molar-refractivity contribution in [3.05, 3.63) is 28.8 Å². The molecule has 106 valence electrons. The van der Waals surface area contributed by atoms with Gasteiger partial charge in [-0.05, 0) is 25.0 Å². The lowest BCUT2D eigenvalue weighted by molar-refractivity contribution is 0.379. The van der Waals surface area contributed by atoms with E-state index in [9.17, 15) is 0 Å². The molecule has 0 saturated carbocycles. The number of rotatable bonds is 5. The summed E-state index contributed by atoms with van der Waals surface area (Å²) in [4.78, 5) is 12.8. The Labute approximate surface area is 123 Å². The number of hydrogen-bond acceptors (Lipinski definition) is 5. The van der Waals surface area contributed by atoms with E-state index >= 15 is 0 Å². The summed E-state index contributed by atoms with van der Waals surface area (Å²) in [7, 11) is 1.53. The predicted molar refractivity (Wildman–Crippen MR) is 80.3 cm³/mol. The summed E-state index contributed by atoms with van der Waals surface area (Å²) in [5.74, 6) is 1.04. The van der Waals surface area contributed by atoms with E-state index in [-0.39, 0.29) is 6.01 Å². The summed E-state index contributed by atoms with van der Waals surface area (Å²) in [6.45, 7) is 4.82. The first-order valence-electron chi connectivity index (χ1n) is 6.44. The lowest BCUT2D eigenvalue weighted by Gasteiger charge is -2.08. The van der Waals surface area contributed by atoms with Gasteiger partial charge in [-0.3, -0.25) is 0 Å². The van der Waals surface area contributed by atoms with E-state index in [1.165, 1.54) is 7.11 Å². The van der Waals surface area contributed by atoms with Gasteiger partial charge in [0.1, 0.15) is 0 Å². The SMILES string of the molecule is CCCNc1nc(OC)nc(-c2ccc(C)c(Cl)c2)n1. The molecule has 1 aromatic heterocycles. The molecular weight excluding hydrogens is 276 g/mol. The highest BCUT2D eigenvalue weighted by atomic mass is 35.5. The number of halogens is 1. The summed E-state index contributed by atoms with van der Waals surface area (Å²) in [5.41, 5.74) is 1.85. The van der Waals surface area contributed by atoms with E-state index in [0.717, 1.165) is 24.1 Å². The number of aromatic nitrogens is 3. The second-order valence-corrected chi connectivity index (χ2v) is 4.77. The molecule has 0 atom stereocenters. The van der Waals surface area contributed by atoms with Crippen molar-refractivity contribution < 1.29 is 4.74 Å². The summed E-state index contributed by atoms with van der Waals surface area (Å²) in [6, 6.07) is 5.99. The summed E-state index contributed by atoms with van der Waals surface area (Å²) < 4.78 is 5.12. The van der Waals surface area contributed by atoms with Crippen LogP contribution in [0.15, 0.2) is 18.2 Å². The monoisotopic (exact) mass is 292 g/mol. The van der Waals surface area contributed by atoms with E-state index in [0.29, 0.717) is 16.8 Å². The number of ether oxygens (including phenoxy) is 1. The van der Waals surface area contributed by atoms with Crippen LogP contribution in [0.5, 0.6) is 6.01 Å². The van der Waals surface area contributed by atoms with Crippen molar-refractivity contribution in [2.75, 3.05) is 19.0 Å². The van der Waals surface area contributed by atoms with Crippen molar-refractivity contribution in [1.82, 2.24) is 15.0 Å². The first kappa shape index (κ1) is 14.5. The van der Waals surface area contributed by atoms with Gasteiger partial charge in [-0.1, -0.05) is 30.7 Å². The van der Waals surface area contributed by atoms with Crippen molar-refractivity contribution >= 4 is 17.5 Å². The summed E-state index contributed by atoms with van der Waals surface area (Å²) in [5, 5.41) is 3.82. The zero-order valence-corrected chi connectivity index (χ0v) is 12.5. The first-order chi connectivity index (χ1) is 9.63. The highest BCUT2D eigenvalue weighted by Crippen LogP contribution is 2.24. The Morgan fingerprint density at radius 2 is 2.05 bits per heavy atom. The van der Waals surface area contributed by atoms with E-state index in [4.69, 9.17) is 16.3 Å². The van der Waals surface area contributed by atoms with Crippen molar-refractivity contribution in [2.45, 2.75) is 20.3 Å². The van der Waals surface area contributed by atoms with Crippen LogP contribution in [0.2, 0.25) is 5.02 Å². The molecule has 6 heteroatoms. The third kappa shape index (κ3) is 3.36. The molecule has 0 aliphatic heterocycles. The minimum Gasteiger partial charge on any atom is -0.467 e. The number of nitrogens with zero attached hydrogens (tertiary/aromatic N) is 3. The van der Waals surface area contributed by atoms with Crippen molar-refractivity contribution in [1.29, 1.82) is 0 Å². The predicted octanol–water partition coefficient (Wildman–Crippen LogP) is 3.33. The van der Waals surface area contributed by atoms with E-state index in [2.05, 4.69) is 27.2 Å². The Bertz CT molecular complexity index is 604. The standard InChI is InChI=1S/C14H17ClN4O/c1-4-7-16-13-17-12(18-14(19-13)20-3)10-6-5-9(2)11(15)8-10/h5-6,8H,4,7H2,1-3H3,(H,16,17,18,19). The lowest BCUT2D eigenvalue weighted by Crippen LogP contribution is -2.07. The van der Waals surface area contributed by atoms with Crippen LogP contribution in [0.25, 0.3) is 11.4 Å². The maximum Gasteiger partial charge on any atom is 0.321 e. The summed E-state index contributed by atoms with van der Waals surface area (Å²) >= 11 is 6.14. The Kier molecular flexibility index (Phi) is 4.74. The van der Waals surface area contributed by atoms with E-state index in [1.54, 1.807) is 0 Å². The molecule has 0 bridgehead atoms. The zero-order valence-electron chi connectivity index (χ0n) is 11.8. The lowest BCUT2D eigenvalue weighted by atomic mass is 10.1. The normalized spacial score (nSPS) is 10.4. The van der Waals surface area contributed by atoms with Crippen LogP contribution >= 0.6 is 11.6 Å². The molecule has 5 nitrogen and oxygen atoms in total. The fourth-order valence-electron chi connectivity index (χ4n) is 1.62. The third-order valence-corrected chi connectivity index (χ3v) is 3.17. The highest BCUT2D eigenvalue weighted by Gasteiger charge is 2.09. The second kappa shape index (κ2) is 6.52. The number of anilines is 1. The fourth-order valence-corrected chi connectivity index (χ4v) is 1.81. The van der Waals surface area contributed by atoms with Gasteiger partial charge in [0.05, 0.1) is 7.11 Å². The molecule has 1 N–H and O–H groups in total. The Hall–Kier alpha value is -1.88. The van der Waals surface area contributed by atoms with E-state index < -0.39 is 0 Å². The van der Waals surface area contributed by atoms with Gasteiger partial charge in [0, 0.05) is 17.1 Å². The molecule has 0 saturated heterocycles. The topological polar surface area (TPSA) is 59.9 Å². The number of aryl methyl sites for hydroxylation is 1. The molecule has 0 radical (unpaired) electrons. The van der Waals surface area contributed by atoms with Crippen LogP contribution in [0.1, 0.15) is 18.9 Å². The first-order valence-corrected chi connectivity index (χ1v) is 6.82. The van der Waals surface area contributed by atoms with Gasteiger partial charge in [-0.25, -0.2) is 0 Å². The van der Waals surface area contributed by atoms with Crippen molar-refractivity contribution in [2.24, 2.45) is 0 Å². The Balaban J connectivity index is 2.41. The van der Waals surface area contributed by atoms with Gasteiger partial charge < -0.3 is 10.1 Å². The highest BCUT2D eigenvalue weighted by molar-refractivity contribution is 6.31. The van der Waals surface area contributed by atoms with E-state index in [1.807, 2.05) is 25.1 Å². The second-order valence-electron chi connectivity index (χ2n) is 4.36. The quantitative estimate of drug-likeness (QED) is 0.916. The van der Waals surface area contributed by atoms with Gasteiger partial charge in [0.2, 0.25) is 5.95 Å². The number of benzene rings is 1. The van der Waals surface area contributed by atoms with Gasteiger partial charge in [-0.2, -0.15) is 15.0 Å². The van der Waals surface area contributed by atoms with Gasteiger partial charge >= 0.3 is 6.01 Å². The molecule has 20 heavy (non-hydrogen) atoms. The van der Waals surface area contributed by atoms with Gasteiger partial charge in [-0.15, -0.1) is 0 Å². The molecule has 0 amide bonds. The largest absolute Gasteiger partial charge is 0.467 e. The third-order valence-electron chi connectivity index (χ3n) is 2.76. The van der Waals surface area contributed by atoms with Gasteiger partial charge in [0.15, 0.2) is 5.82 Å². The minimum absolute atomic E-state index is 0.283. The average Bonchev–Trinajstić information content (AvgIpc) is 2.47. The van der Waals surface area contributed by atoms with Gasteiger partial charge in [0.25, 0.3) is 0 Å². The van der Waals surface area contributed by atoms with Crippen LogP contribution in [-0.4, -0.2) is 28.6 Å². The average molecular weight is 293 g/mol. The molecule has 1 heterocycles. The number of nitrogens with one attached hydrogen (secondary N) is 1. The van der Waals surface area contributed by atoms with Crippen molar-refractivity contribution in [3.63, 3.8) is 0 Å². The maximum absolute atomic E-state index is 6.14. The van der Waals surface area contributed by atoms with Crippen LogP contribution in [0.3, 0.4) is 0 Å². The zero-order chi connectivity index (χ0) is 14.5. The smallest absolute Gasteiger partial charge is 0.321 e. The molecule has 0 unspecified atom stereocenters. The number of methoxy groups -OCH3 is 1. The van der Waals surface area contributed by atoms with Crippen LogP contribution in [0.4, 0.5) is 5.95 Å². The van der Waals surface area contributed by atoms with Crippen LogP contribution in [0, 0.1) is 6.92 Å². The molecule has 0 spiro atoms. The Morgan fingerprint density at radius 1 is 1.25 bits per heavy atom. The maximum atomic E-state index is 6.14. The molecule has 1 aromatic carbocycles. The van der Waals surface area contributed by atoms with Crippen LogP contribution < -0.4 is 10.1 Å². The fraction of sp³-hybridized carbons (Fsp3) is 0.357. The number of hydrogen-bond donors (Lipinski definition) is 1. The molecule has 0 aliphatic carbocycles. The molecule has 0 fully saturated rings. The van der Waals surface area contributed by atoms with Crippen molar-refractivity contribution in [3.8, 4) is 17.4 Å². The molecule has 2 aromatic rings. The summed E-state index contributed by atoms with van der Waals surface area (Å²) in [6.07, 6.45) is 0.986. The van der Waals surface area contributed by atoms with Crippen LogP contribution in [-0.2, 0) is 0 Å². The minimum atomic E-state index is 0.283.